The van der Waals surface area contributed by atoms with Gasteiger partial charge in [0.25, 0.3) is 0 Å². The fourth-order valence-electron chi connectivity index (χ4n) is 2.40. The molecular weight excluding hydrogens is 258 g/mol. The average Bonchev–Trinajstić information content (AvgIpc) is 2.42. The Hall–Kier alpha value is -0.680. The van der Waals surface area contributed by atoms with Gasteiger partial charge >= 0.3 is 12.4 Å². The highest BCUT2D eigenvalue weighted by atomic mass is 19.4. The number of hydrogen-bond donors (Lipinski definition) is 0. The van der Waals surface area contributed by atoms with Crippen LogP contribution in [-0.2, 0) is 0 Å². The number of rotatable bonds is 1. The Morgan fingerprint density at radius 2 is 1.44 bits per heavy atom. The zero-order chi connectivity index (χ0) is 14.4. The first-order valence-electron chi connectivity index (χ1n) is 5.64. The van der Waals surface area contributed by atoms with Gasteiger partial charge in [0, 0.05) is 0 Å². The molecule has 0 radical (unpaired) electrons. The van der Waals surface area contributed by atoms with Crippen LogP contribution in [0, 0.1) is 10.8 Å². The molecule has 0 N–H and O–H groups in total. The molecule has 6 heteroatoms. The molecule has 0 atom stereocenters. The second-order valence-corrected chi connectivity index (χ2v) is 5.91. The van der Waals surface area contributed by atoms with Crippen molar-refractivity contribution in [3.8, 4) is 0 Å². The maximum atomic E-state index is 13.0. The first-order valence-corrected chi connectivity index (χ1v) is 5.64. The third kappa shape index (κ3) is 2.52. The van der Waals surface area contributed by atoms with Crippen LogP contribution in [-0.4, -0.2) is 12.4 Å². The van der Waals surface area contributed by atoms with Gasteiger partial charge in [0.15, 0.2) is 5.41 Å². The van der Waals surface area contributed by atoms with E-state index in [1.165, 1.54) is 0 Å². The molecular formula is C12H16F6. The van der Waals surface area contributed by atoms with E-state index in [2.05, 4.69) is 0 Å². The second-order valence-electron chi connectivity index (χ2n) is 5.91. The lowest BCUT2D eigenvalue weighted by Gasteiger charge is -2.38. The topological polar surface area (TPSA) is 0 Å². The molecule has 1 aliphatic rings. The predicted octanol–water partition coefficient (Wildman–Crippen LogP) is 5.25. The van der Waals surface area contributed by atoms with E-state index in [-0.39, 0.29) is 12.8 Å². The molecule has 0 spiro atoms. The molecule has 0 amide bonds. The number of alkyl halides is 6. The predicted molar refractivity (Wildman–Crippen MR) is 55.9 cm³/mol. The standard InChI is InChI=1S/C12H16F6/c1-9(2,3)7-8-5-4-6-10(8,11(13,14)15)12(16,17)18/h5H,4,6-7H2,1-3H3. The highest BCUT2D eigenvalue weighted by Gasteiger charge is 2.72. The lowest BCUT2D eigenvalue weighted by atomic mass is 9.73. The van der Waals surface area contributed by atoms with Crippen molar-refractivity contribution < 1.29 is 26.3 Å². The molecule has 0 saturated carbocycles. The van der Waals surface area contributed by atoms with E-state index in [1.807, 2.05) is 0 Å². The Balaban J connectivity index is 3.26. The molecule has 0 bridgehead atoms. The largest absolute Gasteiger partial charge is 0.406 e. The molecule has 0 aliphatic heterocycles. The van der Waals surface area contributed by atoms with Crippen LogP contribution < -0.4 is 0 Å². The third-order valence-corrected chi connectivity index (χ3v) is 3.15. The minimum atomic E-state index is -5.29. The van der Waals surface area contributed by atoms with Gasteiger partial charge < -0.3 is 0 Å². The number of allylic oxidation sites excluding steroid dienone is 2. The van der Waals surface area contributed by atoms with E-state index in [9.17, 15) is 26.3 Å². The van der Waals surface area contributed by atoms with Crippen LogP contribution in [0.1, 0.15) is 40.0 Å². The Morgan fingerprint density at radius 3 is 1.78 bits per heavy atom. The van der Waals surface area contributed by atoms with E-state index in [4.69, 9.17) is 0 Å². The van der Waals surface area contributed by atoms with Crippen molar-refractivity contribution in [2.45, 2.75) is 52.4 Å². The Labute approximate surface area is 102 Å². The summed E-state index contributed by atoms with van der Waals surface area (Å²) < 4.78 is 77.9. The molecule has 1 aliphatic carbocycles. The first kappa shape index (κ1) is 15.4. The summed E-state index contributed by atoms with van der Waals surface area (Å²) >= 11 is 0. The van der Waals surface area contributed by atoms with Crippen molar-refractivity contribution in [1.82, 2.24) is 0 Å². The Morgan fingerprint density at radius 1 is 1.00 bits per heavy atom. The highest BCUT2D eigenvalue weighted by Crippen LogP contribution is 2.62. The Kier molecular flexibility index (Phi) is 3.56. The maximum Gasteiger partial charge on any atom is 0.406 e. The van der Waals surface area contributed by atoms with Crippen LogP contribution in [0.15, 0.2) is 11.6 Å². The van der Waals surface area contributed by atoms with Crippen molar-refractivity contribution >= 4 is 0 Å². The zero-order valence-electron chi connectivity index (χ0n) is 10.5. The third-order valence-electron chi connectivity index (χ3n) is 3.15. The van der Waals surface area contributed by atoms with E-state index < -0.39 is 35.2 Å². The second kappa shape index (κ2) is 4.17. The molecule has 0 aromatic heterocycles. The summed E-state index contributed by atoms with van der Waals surface area (Å²) in [7, 11) is 0. The zero-order valence-corrected chi connectivity index (χ0v) is 10.5. The minimum Gasteiger partial charge on any atom is -0.170 e. The van der Waals surface area contributed by atoms with E-state index >= 15 is 0 Å². The molecule has 0 heterocycles. The molecule has 0 aromatic rings. The molecule has 1 rings (SSSR count). The molecule has 0 unspecified atom stereocenters. The monoisotopic (exact) mass is 274 g/mol. The molecule has 0 saturated heterocycles. The van der Waals surface area contributed by atoms with Gasteiger partial charge in [0.2, 0.25) is 0 Å². The molecule has 0 fully saturated rings. The number of hydrogen-bond acceptors (Lipinski definition) is 0. The van der Waals surface area contributed by atoms with Gasteiger partial charge in [0.05, 0.1) is 0 Å². The minimum absolute atomic E-state index is 0.176. The van der Waals surface area contributed by atoms with Crippen molar-refractivity contribution in [3.63, 3.8) is 0 Å². The summed E-state index contributed by atoms with van der Waals surface area (Å²) in [5.41, 5.74) is -4.79. The smallest absolute Gasteiger partial charge is 0.170 e. The van der Waals surface area contributed by atoms with E-state index in [0.717, 1.165) is 6.08 Å². The van der Waals surface area contributed by atoms with Gasteiger partial charge in [-0.2, -0.15) is 26.3 Å². The Bertz CT molecular complexity index is 325. The lowest BCUT2D eigenvalue weighted by molar-refractivity contribution is -0.326. The fourth-order valence-corrected chi connectivity index (χ4v) is 2.40. The summed E-state index contributed by atoms with van der Waals surface area (Å²) in [5.74, 6) is 0. The van der Waals surface area contributed by atoms with Gasteiger partial charge in [-0.15, -0.1) is 0 Å². The van der Waals surface area contributed by atoms with Crippen molar-refractivity contribution in [1.29, 1.82) is 0 Å². The van der Waals surface area contributed by atoms with Gasteiger partial charge in [0.1, 0.15) is 0 Å². The van der Waals surface area contributed by atoms with Crippen molar-refractivity contribution in [2.24, 2.45) is 10.8 Å². The summed E-state index contributed by atoms with van der Waals surface area (Å²) in [4.78, 5) is 0. The van der Waals surface area contributed by atoms with Crippen molar-refractivity contribution in [2.75, 3.05) is 0 Å². The van der Waals surface area contributed by atoms with Crippen LogP contribution in [0.25, 0.3) is 0 Å². The van der Waals surface area contributed by atoms with Crippen LogP contribution >= 0.6 is 0 Å². The average molecular weight is 274 g/mol. The number of halogens is 6. The SMILES string of the molecule is CC(C)(C)CC1=CCCC1(C(F)(F)F)C(F)(F)F. The van der Waals surface area contributed by atoms with Crippen LogP contribution in [0.5, 0.6) is 0 Å². The highest BCUT2D eigenvalue weighted by molar-refractivity contribution is 5.27. The summed E-state index contributed by atoms with van der Waals surface area (Å²) in [5, 5.41) is 0. The maximum absolute atomic E-state index is 13.0. The molecule has 106 valence electrons. The van der Waals surface area contributed by atoms with Crippen LogP contribution in [0.3, 0.4) is 0 Å². The quantitative estimate of drug-likeness (QED) is 0.452. The lowest BCUT2D eigenvalue weighted by Crippen LogP contribution is -2.50. The normalized spacial score (nSPS) is 21.1. The van der Waals surface area contributed by atoms with E-state index in [0.29, 0.717) is 0 Å². The summed E-state index contributed by atoms with van der Waals surface area (Å²) in [6.07, 6.45) is -10.8. The van der Waals surface area contributed by atoms with E-state index in [1.54, 1.807) is 20.8 Å². The molecule has 18 heavy (non-hydrogen) atoms. The fraction of sp³-hybridized carbons (Fsp3) is 0.833. The summed E-state index contributed by atoms with van der Waals surface area (Å²) in [6.45, 7) is 4.89. The van der Waals surface area contributed by atoms with Gasteiger partial charge in [-0.05, 0) is 30.3 Å². The van der Waals surface area contributed by atoms with Gasteiger partial charge in [-0.25, -0.2) is 0 Å². The first-order chi connectivity index (χ1) is 7.81. The van der Waals surface area contributed by atoms with Gasteiger partial charge in [-0.1, -0.05) is 26.8 Å². The van der Waals surface area contributed by atoms with Crippen LogP contribution in [0.2, 0.25) is 0 Å². The molecule has 0 aromatic carbocycles. The molecule has 0 nitrogen and oxygen atoms in total. The van der Waals surface area contributed by atoms with Gasteiger partial charge in [-0.3, -0.25) is 0 Å². The summed E-state index contributed by atoms with van der Waals surface area (Å²) in [6, 6.07) is 0. The van der Waals surface area contributed by atoms with Crippen molar-refractivity contribution in [3.05, 3.63) is 11.6 Å². The van der Waals surface area contributed by atoms with Crippen LogP contribution in [0.4, 0.5) is 26.3 Å².